The molecule has 0 atom stereocenters. The first-order valence-corrected chi connectivity index (χ1v) is 9.04. The van der Waals surface area contributed by atoms with Crippen molar-refractivity contribution >= 4 is 17.2 Å². The Kier molecular flexibility index (Phi) is 4.27. The van der Waals surface area contributed by atoms with E-state index in [1.807, 2.05) is 29.3 Å². The smallest absolute Gasteiger partial charge is 0.263 e. The second-order valence-electron chi connectivity index (χ2n) is 6.01. The van der Waals surface area contributed by atoms with Crippen LogP contribution in [0.25, 0.3) is 11.5 Å². The Morgan fingerprint density at radius 3 is 2.68 bits per heavy atom. The van der Waals surface area contributed by atoms with Crippen molar-refractivity contribution in [2.45, 2.75) is 25.7 Å². The lowest BCUT2D eigenvalue weighted by Gasteiger charge is -2.30. The first kappa shape index (κ1) is 15.9. The molecule has 0 aromatic carbocycles. The molecule has 128 valence electrons. The van der Waals surface area contributed by atoms with Crippen molar-refractivity contribution < 1.29 is 9.21 Å². The monoisotopic (exact) mass is 355 g/mol. The summed E-state index contributed by atoms with van der Waals surface area (Å²) in [6.07, 6.45) is 5.01. The van der Waals surface area contributed by atoms with Crippen LogP contribution in [0.1, 0.15) is 40.1 Å². The number of hydrogen-bond acceptors (Lipinski definition) is 7. The zero-order valence-electron chi connectivity index (χ0n) is 13.8. The van der Waals surface area contributed by atoms with Crippen LogP contribution in [-0.2, 0) is 0 Å². The Morgan fingerprint density at radius 2 is 2.00 bits per heavy atom. The van der Waals surface area contributed by atoms with E-state index >= 15 is 0 Å². The van der Waals surface area contributed by atoms with Crippen LogP contribution in [-0.4, -0.2) is 44.1 Å². The summed E-state index contributed by atoms with van der Waals surface area (Å²) in [5, 5.41) is 10.2. The number of carbonyl (C=O) groups excluding carboxylic acids is 1. The maximum absolute atomic E-state index is 12.4. The first-order chi connectivity index (χ1) is 12.2. The summed E-state index contributed by atoms with van der Waals surface area (Å²) in [6.45, 7) is 3.23. The van der Waals surface area contributed by atoms with Gasteiger partial charge < -0.3 is 9.32 Å². The predicted molar refractivity (Wildman–Crippen MR) is 92.3 cm³/mol. The van der Waals surface area contributed by atoms with Crippen molar-refractivity contribution in [3.05, 3.63) is 46.5 Å². The molecule has 7 nitrogen and oxygen atoms in total. The van der Waals surface area contributed by atoms with Gasteiger partial charge in [0.05, 0.1) is 10.4 Å². The Morgan fingerprint density at radius 1 is 1.24 bits per heavy atom. The highest BCUT2D eigenvalue weighted by Gasteiger charge is 2.28. The van der Waals surface area contributed by atoms with E-state index in [1.54, 1.807) is 12.4 Å². The van der Waals surface area contributed by atoms with E-state index in [1.165, 1.54) is 11.3 Å². The molecule has 4 rings (SSSR count). The van der Waals surface area contributed by atoms with Crippen molar-refractivity contribution in [3.63, 3.8) is 0 Å². The number of nitrogens with zero attached hydrogens (tertiary/aromatic N) is 5. The molecule has 0 N–H and O–H groups in total. The quantitative estimate of drug-likeness (QED) is 0.718. The summed E-state index contributed by atoms with van der Waals surface area (Å²) in [6, 6.07) is 3.77. The van der Waals surface area contributed by atoms with E-state index in [0.29, 0.717) is 30.7 Å². The molecule has 4 heterocycles. The second kappa shape index (κ2) is 6.72. The number of thiophene rings is 1. The van der Waals surface area contributed by atoms with Crippen LogP contribution >= 0.6 is 11.3 Å². The molecule has 3 aromatic heterocycles. The summed E-state index contributed by atoms with van der Waals surface area (Å²) in [4.78, 5) is 23.4. The first-order valence-electron chi connectivity index (χ1n) is 8.16. The van der Waals surface area contributed by atoms with Crippen LogP contribution in [0.2, 0.25) is 0 Å². The summed E-state index contributed by atoms with van der Waals surface area (Å²) in [7, 11) is 0. The van der Waals surface area contributed by atoms with E-state index in [-0.39, 0.29) is 11.8 Å². The minimum atomic E-state index is 0.108. The molecule has 3 aromatic rings. The van der Waals surface area contributed by atoms with Gasteiger partial charge in [-0.25, -0.2) is 9.97 Å². The van der Waals surface area contributed by atoms with Gasteiger partial charge in [-0.1, -0.05) is 6.07 Å². The van der Waals surface area contributed by atoms with Gasteiger partial charge in [-0.05, 0) is 31.2 Å². The summed E-state index contributed by atoms with van der Waals surface area (Å²) < 4.78 is 5.81. The molecule has 0 radical (unpaired) electrons. The van der Waals surface area contributed by atoms with Gasteiger partial charge in [-0.3, -0.25) is 4.79 Å². The van der Waals surface area contributed by atoms with E-state index in [2.05, 4.69) is 20.2 Å². The number of rotatable bonds is 3. The lowest BCUT2D eigenvalue weighted by molar-refractivity contribution is 0.0711. The van der Waals surface area contributed by atoms with Gasteiger partial charge in [-0.2, -0.15) is 0 Å². The Labute approximate surface area is 148 Å². The van der Waals surface area contributed by atoms with Crippen LogP contribution < -0.4 is 0 Å². The van der Waals surface area contributed by atoms with Crippen LogP contribution in [0.3, 0.4) is 0 Å². The summed E-state index contributed by atoms with van der Waals surface area (Å²) in [5.41, 5.74) is 0.717. The number of hydrogen-bond donors (Lipinski definition) is 0. The molecule has 8 heteroatoms. The van der Waals surface area contributed by atoms with Crippen molar-refractivity contribution in [1.82, 2.24) is 25.1 Å². The highest BCUT2D eigenvalue weighted by Crippen LogP contribution is 2.30. The highest BCUT2D eigenvalue weighted by molar-refractivity contribution is 7.12. The third kappa shape index (κ3) is 3.30. The zero-order chi connectivity index (χ0) is 17.2. The van der Waals surface area contributed by atoms with Gasteiger partial charge in [0.15, 0.2) is 0 Å². The van der Waals surface area contributed by atoms with Crippen molar-refractivity contribution in [2.75, 3.05) is 13.1 Å². The van der Waals surface area contributed by atoms with Gasteiger partial charge in [0, 0.05) is 31.4 Å². The van der Waals surface area contributed by atoms with Gasteiger partial charge in [-0.15, -0.1) is 21.5 Å². The molecule has 1 amide bonds. The average Bonchev–Trinajstić information content (AvgIpc) is 3.34. The second-order valence-corrected chi connectivity index (χ2v) is 6.96. The third-order valence-electron chi connectivity index (χ3n) is 4.33. The lowest BCUT2D eigenvalue weighted by atomic mass is 9.97. The SMILES string of the molecule is Cc1ncc(-c2nnc(C3CCN(C(=O)c4cccs4)CC3)o2)cn1. The fourth-order valence-electron chi connectivity index (χ4n) is 2.90. The molecule has 0 unspecified atom stereocenters. The minimum absolute atomic E-state index is 0.108. The van der Waals surface area contributed by atoms with Crippen LogP contribution in [0.15, 0.2) is 34.3 Å². The zero-order valence-corrected chi connectivity index (χ0v) is 14.6. The van der Waals surface area contributed by atoms with Crippen LogP contribution in [0, 0.1) is 6.92 Å². The molecular weight excluding hydrogens is 338 g/mol. The average molecular weight is 355 g/mol. The maximum atomic E-state index is 12.4. The Hall–Kier alpha value is -2.61. The van der Waals surface area contributed by atoms with Gasteiger partial charge in [0.1, 0.15) is 5.82 Å². The molecule has 0 aliphatic carbocycles. The normalized spacial score (nSPS) is 15.5. The fourth-order valence-corrected chi connectivity index (χ4v) is 3.60. The van der Waals surface area contributed by atoms with Gasteiger partial charge >= 0.3 is 0 Å². The Balaban J connectivity index is 1.41. The summed E-state index contributed by atoms with van der Waals surface area (Å²) in [5.74, 6) is 2.05. The van der Waals surface area contributed by atoms with E-state index in [9.17, 15) is 4.79 Å². The number of carbonyl (C=O) groups is 1. The summed E-state index contributed by atoms with van der Waals surface area (Å²) >= 11 is 1.48. The lowest BCUT2D eigenvalue weighted by Crippen LogP contribution is -2.37. The molecule has 0 bridgehead atoms. The van der Waals surface area contributed by atoms with E-state index in [0.717, 1.165) is 23.3 Å². The molecule has 1 aliphatic heterocycles. The van der Waals surface area contributed by atoms with E-state index < -0.39 is 0 Å². The number of aryl methyl sites for hydroxylation is 1. The van der Waals surface area contributed by atoms with Crippen molar-refractivity contribution in [3.8, 4) is 11.5 Å². The molecule has 25 heavy (non-hydrogen) atoms. The maximum Gasteiger partial charge on any atom is 0.263 e. The highest BCUT2D eigenvalue weighted by atomic mass is 32.1. The largest absolute Gasteiger partial charge is 0.420 e. The Bertz CT molecular complexity index is 852. The fraction of sp³-hybridized carbons (Fsp3) is 0.353. The number of aromatic nitrogens is 4. The minimum Gasteiger partial charge on any atom is -0.420 e. The predicted octanol–water partition coefficient (Wildman–Crippen LogP) is 2.92. The van der Waals surface area contributed by atoms with Crippen molar-refractivity contribution in [1.29, 1.82) is 0 Å². The van der Waals surface area contributed by atoms with Crippen LogP contribution in [0.5, 0.6) is 0 Å². The van der Waals surface area contributed by atoms with Crippen molar-refractivity contribution in [2.24, 2.45) is 0 Å². The topological polar surface area (TPSA) is 85.0 Å². The molecule has 1 fully saturated rings. The molecule has 1 aliphatic rings. The standard InChI is InChI=1S/C17H17N5O2S/c1-11-18-9-13(10-19-11)16-21-20-15(24-16)12-4-6-22(7-5-12)17(23)14-3-2-8-25-14/h2-3,8-10,12H,4-7H2,1H3. The number of amides is 1. The third-order valence-corrected chi connectivity index (χ3v) is 5.19. The molecular formula is C17H17N5O2S. The van der Waals surface area contributed by atoms with E-state index in [4.69, 9.17) is 4.42 Å². The van der Waals surface area contributed by atoms with Gasteiger partial charge in [0.2, 0.25) is 5.89 Å². The number of piperidine rings is 1. The van der Waals surface area contributed by atoms with Gasteiger partial charge in [0.25, 0.3) is 11.8 Å². The molecule has 0 saturated carbocycles. The molecule has 1 saturated heterocycles. The van der Waals surface area contributed by atoms with Crippen LogP contribution in [0.4, 0.5) is 0 Å². The number of likely N-dealkylation sites (tertiary alicyclic amines) is 1. The molecule has 0 spiro atoms.